The summed E-state index contributed by atoms with van der Waals surface area (Å²) >= 11 is 0. The van der Waals surface area contributed by atoms with Crippen molar-refractivity contribution in [1.82, 2.24) is 24.5 Å². The molecule has 1 aliphatic rings. The number of fused-ring (bicyclic) bond motifs is 4. The molecule has 4 heterocycles. The van der Waals surface area contributed by atoms with Crippen LogP contribution in [-0.2, 0) is 11.3 Å². The van der Waals surface area contributed by atoms with Crippen LogP contribution in [0.5, 0.6) is 0 Å². The first-order chi connectivity index (χ1) is 14.4. The van der Waals surface area contributed by atoms with Crippen LogP contribution in [0, 0.1) is 0 Å². The summed E-state index contributed by atoms with van der Waals surface area (Å²) < 4.78 is 8.16. The van der Waals surface area contributed by atoms with E-state index in [0.29, 0.717) is 18.9 Å². The van der Waals surface area contributed by atoms with Gasteiger partial charge < -0.3 is 9.30 Å². The van der Waals surface area contributed by atoms with Gasteiger partial charge in [-0.1, -0.05) is 36.4 Å². The Morgan fingerprint density at radius 2 is 1.76 bits per heavy atom. The average Bonchev–Trinajstić information content (AvgIpc) is 3.17. The van der Waals surface area contributed by atoms with Gasteiger partial charge in [-0.15, -0.1) is 0 Å². The zero-order valence-corrected chi connectivity index (χ0v) is 15.6. The minimum absolute atomic E-state index is 0.112. The molecule has 0 saturated heterocycles. The van der Waals surface area contributed by atoms with Crippen LogP contribution >= 0.6 is 0 Å². The molecule has 6 heteroatoms. The Morgan fingerprint density at radius 3 is 2.69 bits per heavy atom. The van der Waals surface area contributed by atoms with E-state index >= 15 is 0 Å². The van der Waals surface area contributed by atoms with Crippen molar-refractivity contribution < 1.29 is 4.74 Å². The molecule has 1 atom stereocenters. The van der Waals surface area contributed by atoms with Crippen molar-refractivity contribution in [2.45, 2.75) is 12.6 Å². The summed E-state index contributed by atoms with van der Waals surface area (Å²) in [6, 6.07) is 18.9. The van der Waals surface area contributed by atoms with E-state index in [4.69, 9.17) is 9.72 Å². The molecule has 6 nitrogen and oxygen atoms in total. The molecule has 6 rings (SSSR count). The van der Waals surface area contributed by atoms with Gasteiger partial charge in [0.25, 0.3) is 0 Å². The van der Waals surface area contributed by atoms with Crippen molar-refractivity contribution in [2.75, 3.05) is 6.61 Å². The summed E-state index contributed by atoms with van der Waals surface area (Å²) in [7, 11) is 0. The quantitative estimate of drug-likeness (QED) is 0.461. The first kappa shape index (κ1) is 16.3. The van der Waals surface area contributed by atoms with E-state index in [1.54, 1.807) is 12.4 Å². The monoisotopic (exact) mass is 379 g/mol. The summed E-state index contributed by atoms with van der Waals surface area (Å²) in [4.78, 5) is 17.9. The molecule has 0 amide bonds. The van der Waals surface area contributed by atoms with Crippen molar-refractivity contribution >= 4 is 22.2 Å². The standard InChI is InChI=1S/C23H17N5O/c1-2-4-15(5-3-1)21-13-29-14-22-27-18-7-6-16(11-20(18)28(21)22)17-10-19-23(26-12-17)25-9-8-24-19/h1-12,21H,13-14H2. The summed E-state index contributed by atoms with van der Waals surface area (Å²) in [5, 5.41) is 0. The van der Waals surface area contributed by atoms with Crippen LogP contribution in [0.4, 0.5) is 0 Å². The minimum atomic E-state index is 0.112. The molecule has 0 radical (unpaired) electrons. The lowest BCUT2D eigenvalue weighted by atomic mass is 10.0. The third kappa shape index (κ3) is 2.68. The van der Waals surface area contributed by atoms with Gasteiger partial charge in [0, 0.05) is 24.2 Å². The summed E-state index contributed by atoms with van der Waals surface area (Å²) in [6.07, 6.45) is 5.20. The number of benzene rings is 2. The number of nitrogens with zero attached hydrogens (tertiary/aromatic N) is 5. The van der Waals surface area contributed by atoms with Gasteiger partial charge in [0.1, 0.15) is 17.9 Å². The van der Waals surface area contributed by atoms with Crippen molar-refractivity contribution in [2.24, 2.45) is 0 Å². The second-order valence-electron chi connectivity index (χ2n) is 7.17. The molecule has 0 spiro atoms. The molecule has 5 aromatic rings. The fourth-order valence-electron chi connectivity index (χ4n) is 4.04. The number of ether oxygens (including phenoxy) is 1. The molecule has 29 heavy (non-hydrogen) atoms. The molecule has 0 N–H and O–H groups in total. The Kier molecular flexibility index (Phi) is 3.64. The average molecular weight is 379 g/mol. The topological polar surface area (TPSA) is 65.7 Å². The van der Waals surface area contributed by atoms with Crippen LogP contribution in [-0.4, -0.2) is 31.1 Å². The Bertz CT molecular complexity index is 1350. The SMILES string of the molecule is c1ccc(C2COCc3nc4ccc(-c5cnc6nccnc6c5)cc4n32)cc1. The number of hydrogen-bond acceptors (Lipinski definition) is 5. The third-order valence-corrected chi connectivity index (χ3v) is 5.42. The van der Waals surface area contributed by atoms with Crippen LogP contribution in [0.15, 0.2) is 73.2 Å². The van der Waals surface area contributed by atoms with Gasteiger partial charge in [0.15, 0.2) is 5.65 Å². The van der Waals surface area contributed by atoms with Gasteiger partial charge in [0.2, 0.25) is 0 Å². The summed E-state index contributed by atoms with van der Waals surface area (Å²) in [5.74, 6) is 0.958. The van der Waals surface area contributed by atoms with Gasteiger partial charge in [0.05, 0.1) is 23.7 Å². The van der Waals surface area contributed by atoms with Gasteiger partial charge >= 0.3 is 0 Å². The smallest absolute Gasteiger partial charge is 0.178 e. The van der Waals surface area contributed by atoms with Crippen molar-refractivity contribution in [3.8, 4) is 11.1 Å². The fourth-order valence-corrected chi connectivity index (χ4v) is 4.04. The highest BCUT2D eigenvalue weighted by Gasteiger charge is 2.25. The van der Waals surface area contributed by atoms with Crippen LogP contribution in [0.3, 0.4) is 0 Å². The normalized spacial score (nSPS) is 16.2. The molecule has 0 fully saturated rings. The second kappa shape index (κ2) is 6.46. The van der Waals surface area contributed by atoms with Crippen LogP contribution in [0.1, 0.15) is 17.4 Å². The predicted molar refractivity (Wildman–Crippen MR) is 110 cm³/mol. The summed E-state index contributed by atoms with van der Waals surface area (Å²) in [5.41, 5.74) is 6.84. The van der Waals surface area contributed by atoms with Crippen LogP contribution in [0.2, 0.25) is 0 Å². The molecule has 140 valence electrons. The maximum atomic E-state index is 5.85. The largest absolute Gasteiger partial charge is 0.371 e. The maximum Gasteiger partial charge on any atom is 0.178 e. The zero-order valence-electron chi connectivity index (χ0n) is 15.6. The molecule has 1 aliphatic heterocycles. The van der Waals surface area contributed by atoms with Crippen molar-refractivity contribution in [3.05, 3.63) is 84.6 Å². The molecule has 0 saturated carbocycles. The zero-order chi connectivity index (χ0) is 19.2. The highest BCUT2D eigenvalue weighted by atomic mass is 16.5. The van der Waals surface area contributed by atoms with E-state index in [-0.39, 0.29) is 6.04 Å². The minimum Gasteiger partial charge on any atom is -0.371 e. The lowest BCUT2D eigenvalue weighted by Crippen LogP contribution is -2.24. The predicted octanol–water partition coefficient (Wildman–Crippen LogP) is 4.16. The maximum absolute atomic E-state index is 5.85. The summed E-state index contributed by atoms with van der Waals surface area (Å²) in [6.45, 7) is 1.17. The highest BCUT2D eigenvalue weighted by Crippen LogP contribution is 2.33. The van der Waals surface area contributed by atoms with E-state index in [1.807, 2.05) is 18.3 Å². The second-order valence-corrected chi connectivity index (χ2v) is 7.17. The van der Waals surface area contributed by atoms with Gasteiger partial charge in [-0.2, -0.15) is 0 Å². The number of rotatable bonds is 2. The number of imidazole rings is 1. The van der Waals surface area contributed by atoms with E-state index in [9.17, 15) is 0 Å². The highest BCUT2D eigenvalue weighted by molar-refractivity contribution is 5.85. The van der Waals surface area contributed by atoms with Gasteiger partial charge in [-0.3, -0.25) is 4.98 Å². The lowest BCUT2D eigenvalue weighted by molar-refractivity contribution is 0.0679. The molecule has 2 aromatic carbocycles. The molecule has 3 aromatic heterocycles. The Hall–Kier alpha value is -3.64. The Labute approximate surface area is 166 Å². The van der Waals surface area contributed by atoms with E-state index < -0.39 is 0 Å². The first-order valence-corrected chi connectivity index (χ1v) is 9.57. The van der Waals surface area contributed by atoms with Gasteiger partial charge in [-0.25, -0.2) is 15.0 Å². The third-order valence-electron chi connectivity index (χ3n) is 5.42. The number of hydrogen-bond donors (Lipinski definition) is 0. The molecular formula is C23H17N5O. The molecule has 0 aliphatic carbocycles. The van der Waals surface area contributed by atoms with Gasteiger partial charge in [-0.05, 0) is 29.3 Å². The number of pyridine rings is 1. The number of aromatic nitrogens is 5. The van der Waals surface area contributed by atoms with Crippen LogP contribution in [0.25, 0.3) is 33.3 Å². The molecule has 1 unspecified atom stereocenters. The fraction of sp³-hybridized carbons (Fsp3) is 0.130. The Balaban J connectivity index is 1.52. The molecular weight excluding hydrogens is 362 g/mol. The van der Waals surface area contributed by atoms with E-state index in [2.05, 4.69) is 62.0 Å². The molecule has 0 bridgehead atoms. The van der Waals surface area contributed by atoms with E-state index in [1.165, 1.54) is 5.56 Å². The first-order valence-electron chi connectivity index (χ1n) is 9.57. The Morgan fingerprint density at radius 1 is 0.862 bits per heavy atom. The van der Waals surface area contributed by atoms with E-state index in [0.717, 1.165) is 33.5 Å². The lowest BCUT2D eigenvalue weighted by Gasteiger charge is -2.26. The van der Waals surface area contributed by atoms with Crippen molar-refractivity contribution in [3.63, 3.8) is 0 Å². The van der Waals surface area contributed by atoms with Crippen molar-refractivity contribution in [1.29, 1.82) is 0 Å². The van der Waals surface area contributed by atoms with Crippen LogP contribution < -0.4 is 0 Å².